The maximum atomic E-state index is 6.26. The number of nitrogens with one attached hydrogen (secondary N) is 1. The number of hydrogen-bond acceptors (Lipinski definition) is 4. The minimum absolute atomic E-state index is 0.483. The van der Waals surface area contributed by atoms with Crippen molar-refractivity contribution in [3.8, 4) is 11.5 Å². The molecule has 0 amide bonds. The van der Waals surface area contributed by atoms with E-state index in [4.69, 9.17) is 32.7 Å². The normalized spacial score (nSPS) is 10.8. The Morgan fingerprint density at radius 3 is 2.48 bits per heavy atom. The van der Waals surface area contributed by atoms with E-state index in [1.807, 2.05) is 38.1 Å². The molecule has 0 aliphatic rings. The van der Waals surface area contributed by atoms with E-state index >= 15 is 0 Å². The molecule has 4 nitrogen and oxygen atoms in total. The van der Waals surface area contributed by atoms with Crippen LogP contribution in [0.2, 0.25) is 10.0 Å². The number of benzene rings is 2. The average Bonchev–Trinajstić information content (AvgIpc) is 2.53. The number of hydrazone groups is 1. The van der Waals surface area contributed by atoms with Crippen molar-refractivity contribution in [3.63, 3.8) is 0 Å². The number of nitrogens with zero attached hydrogens (tertiary/aromatic N) is 1. The van der Waals surface area contributed by atoms with Crippen molar-refractivity contribution in [2.45, 2.75) is 13.8 Å². The van der Waals surface area contributed by atoms with Gasteiger partial charge in [0.1, 0.15) is 0 Å². The molecule has 122 valence electrons. The van der Waals surface area contributed by atoms with Crippen molar-refractivity contribution in [1.82, 2.24) is 0 Å². The van der Waals surface area contributed by atoms with Crippen LogP contribution in [-0.4, -0.2) is 19.4 Å². The highest BCUT2D eigenvalue weighted by atomic mass is 35.5. The Balaban J connectivity index is 2.19. The molecule has 0 fully saturated rings. The fraction of sp³-hybridized carbons (Fsp3) is 0.235. The lowest BCUT2D eigenvalue weighted by Crippen LogP contribution is -2.00. The first-order valence-corrected chi connectivity index (χ1v) is 8.04. The van der Waals surface area contributed by atoms with E-state index in [0.29, 0.717) is 34.8 Å². The zero-order chi connectivity index (χ0) is 16.7. The number of para-hydroxylation sites is 1. The third-order valence-corrected chi connectivity index (χ3v) is 3.50. The summed E-state index contributed by atoms with van der Waals surface area (Å²) in [5.41, 5.74) is 4.42. The van der Waals surface area contributed by atoms with Crippen molar-refractivity contribution >= 4 is 35.1 Å². The maximum absolute atomic E-state index is 6.26. The van der Waals surface area contributed by atoms with Gasteiger partial charge < -0.3 is 9.47 Å². The van der Waals surface area contributed by atoms with Gasteiger partial charge >= 0.3 is 0 Å². The first-order chi connectivity index (χ1) is 11.2. The third kappa shape index (κ3) is 4.78. The van der Waals surface area contributed by atoms with Crippen molar-refractivity contribution in [2.24, 2.45) is 5.10 Å². The topological polar surface area (TPSA) is 42.8 Å². The highest BCUT2D eigenvalue weighted by Gasteiger charge is 2.11. The fourth-order valence-electron chi connectivity index (χ4n) is 1.94. The molecule has 0 spiro atoms. The van der Waals surface area contributed by atoms with Crippen LogP contribution < -0.4 is 14.9 Å². The lowest BCUT2D eigenvalue weighted by Gasteiger charge is -2.13. The van der Waals surface area contributed by atoms with Crippen molar-refractivity contribution < 1.29 is 9.47 Å². The summed E-state index contributed by atoms with van der Waals surface area (Å²) in [5.74, 6) is 1.15. The van der Waals surface area contributed by atoms with Crippen molar-refractivity contribution in [1.29, 1.82) is 0 Å². The molecule has 2 aromatic rings. The van der Waals surface area contributed by atoms with Crippen LogP contribution in [0.5, 0.6) is 11.5 Å². The average molecular weight is 353 g/mol. The minimum atomic E-state index is 0.483. The Morgan fingerprint density at radius 1 is 1.04 bits per heavy atom. The summed E-state index contributed by atoms with van der Waals surface area (Å²) >= 11 is 12.3. The van der Waals surface area contributed by atoms with Gasteiger partial charge in [-0.25, -0.2) is 0 Å². The van der Waals surface area contributed by atoms with Gasteiger partial charge in [-0.3, -0.25) is 5.43 Å². The lowest BCUT2D eigenvalue weighted by atomic mass is 10.2. The van der Waals surface area contributed by atoms with E-state index in [0.717, 1.165) is 11.3 Å². The highest BCUT2D eigenvalue weighted by Crippen LogP contribution is 2.36. The number of halogens is 2. The Bertz CT molecular complexity index is 690. The molecular weight excluding hydrogens is 335 g/mol. The van der Waals surface area contributed by atoms with Gasteiger partial charge in [0.2, 0.25) is 0 Å². The number of hydrogen-bond donors (Lipinski definition) is 1. The number of rotatable bonds is 7. The van der Waals surface area contributed by atoms with Crippen LogP contribution in [0.3, 0.4) is 0 Å². The maximum Gasteiger partial charge on any atom is 0.179 e. The van der Waals surface area contributed by atoms with E-state index in [2.05, 4.69) is 10.5 Å². The van der Waals surface area contributed by atoms with Crippen LogP contribution in [0.25, 0.3) is 0 Å². The second-order valence-electron chi connectivity index (χ2n) is 4.55. The van der Waals surface area contributed by atoms with Gasteiger partial charge in [0.25, 0.3) is 0 Å². The molecule has 23 heavy (non-hydrogen) atoms. The van der Waals surface area contributed by atoms with Crippen LogP contribution in [0.1, 0.15) is 19.4 Å². The molecular formula is C17H18Cl2N2O2. The number of anilines is 1. The molecule has 0 atom stereocenters. The molecule has 1 N–H and O–H groups in total. The Morgan fingerprint density at radius 2 is 1.78 bits per heavy atom. The smallest absolute Gasteiger partial charge is 0.179 e. The van der Waals surface area contributed by atoms with Gasteiger partial charge in [-0.1, -0.05) is 35.3 Å². The van der Waals surface area contributed by atoms with Gasteiger partial charge in [-0.15, -0.1) is 0 Å². The monoisotopic (exact) mass is 352 g/mol. The van der Waals surface area contributed by atoms with Gasteiger partial charge in [-0.05, 0) is 43.7 Å². The lowest BCUT2D eigenvalue weighted by molar-refractivity contribution is 0.288. The Hall–Kier alpha value is -1.91. The van der Waals surface area contributed by atoms with E-state index < -0.39 is 0 Å². The molecule has 0 unspecified atom stereocenters. The van der Waals surface area contributed by atoms with E-state index in [9.17, 15) is 0 Å². The molecule has 0 aliphatic carbocycles. The molecule has 0 saturated carbocycles. The summed E-state index contributed by atoms with van der Waals surface area (Å²) in [4.78, 5) is 0. The molecule has 0 heterocycles. The Labute approximate surface area is 146 Å². The predicted octanol–water partition coefficient (Wildman–Crippen LogP) is 5.24. The summed E-state index contributed by atoms with van der Waals surface area (Å²) in [6.07, 6.45) is 1.65. The van der Waals surface area contributed by atoms with E-state index in [1.54, 1.807) is 18.3 Å². The fourth-order valence-corrected chi connectivity index (χ4v) is 2.39. The summed E-state index contributed by atoms with van der Waals surface area (Å²) in [6.45, 7) is 4.84. The molecule has 6 heteroatoms. The standard InChI is InChI=1S/C17H18Cl2N2O2/c1-3-22-16-10-12(9-14(19)17(16)23-4-2)11-20-21-15-8-6-5-7-13(15)18/h5-11,21H,3-4H2,1-2H3/b20-11+. The van der Waals surface area contributed by atoms with Crippen LogP contribution in [0, 0.1) is 0 Å². The molecule has 0 bridgehead atoms. The number of ether oxygens (including phenoxy) is 2. The molecule has 0 saturated heterocycles. The van der Waals surface area contributed by atoms with Gasteiger partial charge in [0.15, 0.2) is 11.5 Å². The second kappa shape index (κ2) is 8.65. The highest BCUT2D eigenvalue weighted by molar-refractivity contribution is 6.33. The molecule has 0 aliphatic heterocycles. The van der Waals surface area contributed by atoms with Crippen LogP contribution in [0.4, 0.5) is 5.69 Å². The van der Waals surface area contributed by atoms with E-state index in [1.165, 1.54) is 0 Å². The predicted molar refractivity (Wildman–Crippen MR) is 96.5 cm³/mol. The van der Waals surface area contributed by atoms with Crippen molar-refractivity contribution in [2.75, 3.05) is 18.6 Å². The first-order valence-electron chi connectivity index (χ1n) is 7.28. The third-order valence-electron chi connectivity index (χ3n) is 2.89. The van der Waals surface area contributed by atoms with Gasteiger partial charge in [0, 0.05) is 0 Å². The van der Waals surface area contributed by atoms with Crippen LogP contribution in [-0.2, 0) is 0 Å². The molecule has 0 aromatic heterocycles. The first kappa shape index (κ1) is 17.4. The zero-order valence-corrected chi connectivity index (χ0v) is 14.5. The largest absolute Gasteiger partial charge is 0.490 e. The van der Waals surface area contributed by atoms with Gasteiger partial charge in [-0.2, -0.15) is 5.10 Å². The van der Waals surface area contributed by atoms with Crippen LogP contribution in [0.15, 0.2) is 41.5 Å². The molecule has 2 rings (SSSR count). The van der Waals surface area contributed by atoms with Gasteiger partial charge in [0.05, 0.1) is 35.2 Å². The molecule has 0 radical (unpaired) electrons. The summed E-state index contributed by atoms with van der Waals surface area (Å²) < 4.78 is 11.1. The van der Waals surface area contributed by atoms with Crippen molar-refractivity contribution in [3.05, 3.63) is 52.0 Å². The second-order valence-corrected chi connectivity index (χ2v) is 5.36. The molecule has 2 aromatic carbocycles. The zero-order valence-electron chi connectivity index (χ0n) is 13.0. The van der Waals surface area contributed by atoms with Crippen LogP contribution >= 0.6 is 23.2 Å². The summed E-state index contributed by atoms with van der Waals surface area (Å²) in [5, 5.41) is 5.26. The van der Waals surface area contributed by atoms with E-state index in [-0.39, 0.29) is 0 Å². The SMILES string of the molecule is CCOc1cc(/C=N/Nc2ccccc2Cl)cc(Cl)c1OCC. The summed E-state index contributed by atoms with van der Waals surface area (Å²) in [7, 11) is 0. The quantitative estimate of drug-likeness (QED) is 0.547. The summed E-state index contributed by atoms with van der Waals surface area (Å²) in [6, 6.07) is 11.0. The Kier molecular flexibility index (Phi) is 6.56. The minimum Gasteiger partial charge on any atom is -0.490 e.